The molecule has 32 heavy (non-hydrogen) atoms. The molecule has 0 saturated carbocycles. The summed E-state index contributed by atoms with van der Waals surface area (Å²) in [6, 6.07) is 13.2. The van der Waals surface area contributed by atoms with E-state index < -0.39 is 6.09 Å². The van der Waals surface area contributed by atoms with Crippen LogP contribution in [0.4, 0.5) is 4.79 Å². The Balaban J connectivity index is 1.82. The van der Waals surface area contributed by atoms with Gasteiger partial charge in [0.2, 0.25) is 0 Å². The van der Waals surface area contributed by atoms with E-state index in [0.29, 0.717) is 28.8 Å². The SMILES string of the molecule is CCOC(=O)NC1=CN(CC=Cc2ccc(Cl)cc2)NC(c2ccc(OC)c(OC)c2)=C1. The van der Waals surface area contributed by atoms with Gasteiger partial charge in [-0.15, -0.1) is 0 Å². The topological polar surface area (TPSA) is 72.1 Å². The van der Waals surface area contributed by atoms with Crippen molar-refractivity contribution < 1.29 is 19.0 Å². The van der Waals surface area contributed by atoms with Crippen LogP contribution in [0, 0.1) is 0 Å². The number of carbonyl (C=O) groups excluding carboxylic acids is 1. The second-order valence-corrected chi connectivity index (χ2v) is 7.21. The zero-order valence-corrected chi connectivity index (χ0v) is 19.0. The number of nitrogens with zero attached hydrogens (tertiary/aromatic N) is 1. The Morgan fingerprint density at radius 1 is 1.12 bits per heavy atom. The largest absolute Gasteiger partial charge is 0.493 e. The van der Waals surface area contributed by atoms with E-state index >= 15 is 0 Å². The number of allylic oxidation sites excluding steroid dienone is 1. The zero-order chi connectivity index (χ0) is 22.9. The van der Waals surface area contributed by atoms with Gasteiger partial charge in [0.1, 0.15) is 0 Å². The lowest BCUT2D eigenvalue weighted by atomic mass is 10.1. The Labute approximate surface area is 192 Å². The third-order valence-corrected chi connectivity index (χ3v) is 4.81. The number of amides is 1. The van der Waals surface area contributed by atoms with Crippen LogP contribution in [0.15, 0.2) is 66.5 Å². The fourth-order valence-corrected chi connectivity index (χ4v) is 3.19. The molecular formula is C24H26ClN3O4. The predicted octanol–water partition coefficient (Wildman–Crippen LogP) is 4.82. The van der Waals surface area contributed by atoms with E-state index in [1.54, 1.807) is 27.3 Å². The third kappa shape index (κ3) is 6.21. The first kappa shape index (κ1) is 23.1. The molecule has 1 aliphatic rings. The first-order valence-electron chi connectivity index (χ1n) is 10.1. The predicted molar refractivity (Wildman–Crippen MR) is 126 cm³/mol. The molecule has 1 amide bonds. The minimum atomic E-state index is -0.514. The van der Waals surface area contributed by atoms with Gasteiger partial charge < -0.3 is 14.2 Å². The number of ether oxygens (including phenoxy) is 3. The maximum Gasteiger partial charge on any atom is 0.411 e. The van der Waals surface area contributed by atoms with Crippen molar-refractivity contribution in [1.82, 2.24) is 15.8 Å². The van der Waals surface area contributed by atoms with E-state index in [1.807, 2.05) is 65.7 Å². The molecule has 0 saturated heterocycles. The number of hydrogen-bond acceptors (Lipinski definition) is 6. The number of nitrogens with one attached hydrogen (secondary N) is 2. The Morgan fingerprint density at radius 2 is 1.88 bits per heavy atom. The van der Waals surface area contributed by atoms with Crippen molar-refractivity contribution >= 4 is 29.5 Å². The number of carbonyl (C=O) groups is 1. The molecule has 0 aromatic heterocycles. The second-order valence-electron chi connectivity index (χ2n) is 6.78. The van der Waals surface area contributed by atoms with E-state index in [2.05, 4.69) is 10.7 Å². The monoisotopic (exact) mass is 455 g/mol. The molecule has 0 aliphatic carbocycles. The van der Waals surface area contributed by atoms with Crippen LogP contribution >= 0.6 is 11.6 Å². The van der Waals surface area contributed by atoms with E-state index in [-0.39, 0.29) is 6.61 Å². The maximum absolute atomic E-state index is 12.0. The molecule has 0 bridgehead atoms. The van der Waals surface area contributed by atoms with Gasteiger partial charge in [0.25, 0.3) is 0 Å². The molecule has 1 aliphatic heterocycles. The number of hydrogen-bond donors (Lipinski definition) is 2. The van der Waals surface area contributed by atoms with Crippen LogP contribution < -0.4 is 20.2 Å². The van der Waals surface area contributed by atoms with Crippen molar-refractivity contribution in [2.24, 2.45) is 0 Å². The van der Waals surface area contributed by atoms with Gasteiger partial charge in [-0.1, -0.05) is 35.9 Å². The summed E-state index contributed by atoms with van der Waals surface area (Å²) in [4.78, 5) is 12.0. The van der Waals surface area contributed by atoms with Crippen LogP contribution in [0.5, 0.6) is 11.5 Å². The number of rotatable bonds is 8. The average Bonchev–Trinajstić information content (AvgIpc) is 2.80. The molecular weight excluding hydrogens is 430 g/mol. The van der Waals surface area contributed by atoms with Crippen molar-refractivity contribution in [3.05, 3.63) is 82.7 Å². The number of hydrazine groups is 1. The van der Waals surface area contributed by atoms with Crippen molar-refractivity contribution in [2.45, 2.75) is 6.92 Å². The first-order chi connectivity index (χ1) is 15.5. The van der Waals surface area contributed by atoms with Crippen LogP contribution in [0.1, 0.15) is 18.1 Å². The lowest BCUT2D eigenvalue weighted by molar-refractivity contribution is 0.155. The number of methoxy groups -OCH3 is 2. The lowest BCUT2D eigenvalue weighted by Gasteiger charge is -2.28. The Morgan fingerprint density at radius 3 is 2.56 bits per heavy atom. The van der Waals surface area contributed by atoms with E-state index in [1.165, 1.54) is 0 Å². The third-order valence-electron chi connectivity index (χ3n) is 4.56. The van der Waals surface area contributed by atoms with E-state index in [4.69, 9.17) is 25.8 Å². The van der Waals surface area contributed by atoms with Crippen molar-refractivity contribution in [2.75, 3.05) is 27.4 Å². The summed E-state index contributed by atoms with van der Waals surface area (Å²) in [5, 5.41) is 5.32. The molecule has 168 valence electrons. The number of benzene rings is 2. The summed E-state index contributed by atoms with van der Waals surface area (Å²) in [7, 11) is 3.18. The number of alkyl carbamates (subject to hydrolysis) is 1. The van der Waals surface area contributed by atoms with Gasteiger partial charge in [-0.3, -0.25) is 15.8 Å². The average molecular weight is 456 g/mol. The minimum absolute atomic E-state index is 0.289. The van der Waals surface area contributed by atoms with Gasteiger partial charge in [-0.25, -0.2) is 4.79 Å². The van der Waals surface area contributed by atoms with Crippen molar-refractivity contribution in [3.8, 4) is 11.5 Å². The van der Waals surface area contributed by atoms with Gasteiger partial charge in [-0.2, -0.15) is 0 Å². The van der Waals surface area contributed by atoms with Crippen LogP contribution in [0.25, 0.3) is 11.8 Å². The quantitative estimate of drug-likeness (QED) is 0.594. The molecule has 8 heteroatoms. The summed E-state index contributed by atoms with van der Waals surface area (Å²) in [6.07, 6.45) is 7.12. The van der Waals surface area contributed by atoms with Crippen molar-refractivity contribution in [1.29, 1.82) is 0 Å². The molecule has 0 atom stereocenters. The Bertz CT molecular complexity index is 1030. The molecule has 2 N–H and O–H groups in total. The Hall–Kier alpha value is -3.58. The van der Waals surface area contributed by atoms with Gasteiger partial charge in [0, 0.05) is 16.8 Å². The smallest absolute Gasteiger partial charge is 0.411 e. The highest BCUT2D eigenvalue weighted by atomic mass is 35.5. The summed E-state index contributed by atoms with van der Waals surface area (Å²) in [5.41, 5.74) is 6.62. The van der Waals surface area contributed by atoms with Gasteiger partial charge in [0.05, 0.1) is 38.8 Å². The first-order valence-corrected chi connectivity index (χ1v) is 10.4. The summed E-state index contributed by atoms with van der Waals surface area (Å²) >= 11 is 5.94. The molecule has 2 aromatic carbocycles. The highest BCUT2D eigenvalue weighted by molar-refractivity contribution is 6.30. The molecule has 7 nitrogen and oxygen atoms in total. The lowest BCUT2D eigenvalue weighted by Crippen LogP contribution is -2.37. The summed E-state index contributed by atoms with van der Waals surface area (Å²) < 4.78 is 15.8. The highest BCUT2D eigenvalue weighted by Crippen LogP contribution is 2.30. The van der Waals surface area contributed by atoms with Crippen LogP contribution in [0.3, 0.4) is 0 Å². The van der Waals surface area contributed by atoms with E-state index in [9.17, 15) is 4.79 Å². The molecule has 0 spiro atoms. The molecule has 2 aromatic rings. The Kier molecular flexibility index (Phi) is 8.05. The van der Waals surface area contributed by atoms with Crippen LogP contribution in [0.2, 0.25) is 5.02 Å². The molecule has 0 fully saturated rings. The highest BCUT2D eigenvalue weighted by Gasteiger charge is 2.16. The van der Waals surface area contributed by atoms with Crippen LogP contribution in [-0.4, -0.2) is 38.5 Å². The molecule has 3 rings (SSSR count). The minimum Gasteiger partial charge on any atom is -0.493 e. The standard InChI is InChI=1S/C24H26ClN3O4/c1-4-32-24(29)26-20-15-21(18-9-12-22(30-2)23(14-18)31-3)27-28(16-20)13-5-6-17-7-10-19(25)11-8-17/h5-12,14-16,27H,4,13H2,1-3H3,(H,26,29). The van der Waals surface area contributed by atoms with Gasteiger partial charge in [-0.05, 0) is 48.9 Å². The van der Waals surface area contributed by atoms with Crippen LogP contribution in [-0.2, 0) is 4.74 Å². The van der Waals surface area contributed by atoms with Crippen molar-refractivity contribution in [3.63, 3.8) is 0 Å². The maximum atomic E-state index is 12.0. The summed E-state index contributed by atoms with van der Waals surface area (Å²) in [6.45, 7) is 2.59. The number of halogens is 1. The molecule has 1 heterocycles. The molecule has 0 radical (unpaired) electrons. The zero-order valence-electron chi connectivity index (χ0n) is 18.2. The fraction of sp³-hybridized carbons (Fsp3) is 0.208. The second kappa shape index (κ2) is 11.2. The normalized spacial score (nSPS) is 13.2. The van der Waals surface area contributed by atoms with Gasteiger partial charge in [0.15, 0.2) is 11.5 Å². The van der Waals surface area contributed by atoms with E-state index in [0.717, 1.165) is 16.8 Å². The van der Waals surface area contributed by atoms with Gasteiger partial charge >= 0.3 is 6.09 Å². The fourth-order valence-electron chi connectivity index (χ4n) is 3.06. The summed E-state index contributed by atoms with van der Waals surface area (Å²) in [5.74, 6) is 1.24. The molecule has 0 unspecified atom stereocenters.